The second-order valence-electron chi connectivity index (χ2n) is 4.95. The zero-order valence-corrected chi connectivity index (χ0v) is 14.2. The Hall–Kier alpha value is -2.15. The van der Waals surface area contributed by atoms with Crippen molar-refractivity contribution in [3.05, 3.63) is 68.0 Å². The normalized spacial score (nSPS) is 18.2. The molecule has 0 saturated heterocycles. The number of hydrogen-bond donors (Lipinski definition) is 2. The van der Waals surface area contributed by atoms with E-state index in [4.69, 9.17) is 28.3 Å². The highest BCUT2D eigenvalue weighted by Gasteiger charge is 2.28. The lowest BCUT2D eigenvalue weighted by Crippen LogP contribution is -2.23. The van der Waals surface area contributed by atoms with E-state index in [-0.39, 0.29) is 16.0 Å². The number of carboxylic acids is 1. The van der Waals surface area contributed by atoms with E-state index in [2.05, 4.69) is 4.72 Å². The van der Waals surface area contributed by atoms with E-state index in [0.29, 0.717) is 21.3 Å². The molecule has 5 nitrogen and oxygen atoms in total. The summed E-state index contributed by atoms with van der Waals surface area (Å²) in [4.78, 5) is 23.7. The molecule has 1 aliphatic rings. The van der Waals surface area contributed by atoms with E-state index < -0.39 is 22.7 Å². The van der Waals surface area contributed by atoms with Crippen LogP contribution in [0.1, 0.15) is 26.3 Å². The van der Waals surface area contributed by atoms with Crippen molar-refractivity contribution in [2.45, 2.75) is 0 Å². The molecule has 0 aromatic heterocycles. The van der Waals surface area contributed by atoms with Gasteiger partial charge in [-0.05, 0) is 42.0 Å². The lowest BCUT2D eigenvalue weighted by atomic mass is 10.0. The van der Waals surface area contributed by atoms with Gasteiger partial charge in [-0.15, -0.1) is 0 Å². The van der Waals surface area contributed by atoms with Gasteiger partial charge in [-0.2, -0.15) is 0 Å². The van der Waals surface area contributed by atoms with E-state index in [1.165, 1.54) is 24.3 Å². The molecule has 0 spiro atoms. The number of rotatable bonds is 2. The molecule has 2 aromatic carbocycles. The summed E-state index contributed by atoms with van der Waals surface area (Å²) in [6.45, 7) is 0. The van der Waals surface area contributed by atoms with E-state index in [1.807, 2.05) is 0 Å². The van der Waals surface area contributed by atoms with Crippen molar-refractivity contribution in [2.75, 3.05) is 4.72 Å². The Labute approximate surface area is 149 Å². The number of nitrogens with one attached hydrogen (secondary N) is 1. The Bertz CT molecular complexity index is 940. The maximum Gasteiger partial charge on any atom is 0.335 e. The van der Waals surface area contributed by atoms with Crippen LogP contribution in [0.2, 0.25) is 10.0 Å². The van der Waals surface area contributed by atoms with Crippen LogP contribution in [0, 0.1) is 0 Å². The monoisotopic (exact) mass is 381 g/mol. The van der Waals surface area contributed by atoms with Crippen molar-refractivity contribution in [2.24, 2.45) is 0 Å². The summed E-state index contributed by atoms with van der Waals surface area (Å²) in [5.41, 5.74) is 1.02. The molecule has 122 valence electrons. The molecular weight excluding hydrogens is 373 g/mol. The molecule has 0 radical (unpaired) electrons. The number of hydrogen-bond acceptors (Lipinski definition) is 3. The summed E-state index contributed by atoms with van der Waals surface area (Å²) in [5, 5.41) is 9.72. The van der Waals surface area contributed by atoms with Crippen LogP contribution in [-0.4, -0.2) is 21.1 Å². The summed E-state index contributed by atoms with van der Waals surface area (Å²) in [7, 11) is -1.76. The molecule has 8 heteroatoms. The fraction of sp³-hybridized carbons (Fsp3) is 0. The Morgan fingerprint density at radius 2 is 1.88 bits per heavy atom. The van der Waals surface area contributed by atoms with Crippen molar-refractivity contribution in [1.29, 1.82) is 0 Å². The van der Waals surface area contributed by atoms with Crippen LogP contribution in [0.5, 0.6) is 0 Å². The Morgan fingerprint density at radius 1 is 1.12 bits per heavy atom. The number of carboxylic acid groups (broad SMARTS) is 1. The number of carbonyl (C=O) groups is 2. The molecule has 1 atom stereocenters. The molecule has 0 amide bonds. The number of ketones is 1. The smallest absolute Gasteiger partial charge is 0.335 e. The molecule has 24 heavy (non-hydrogen) atoms. The highest BCUT2D eigenvalue weighted by Crippen LogP contribution is 2.30. The van der Waals surface area contributed by atoms with E-state index in [9.17, 15) is 13.8 Å². The van der Waals surface area contributed by atoms with Crippen molar-refractivity contribution in [3.63, 3.8) is 0 Å². The summed E-state index contributed by atoms with van der Waals surface area (Å²) in [5.74, 6) is -1.65. The minimum absolute atomic E-state index is 0.00317. The van der Waals surface area contributed by atoms with Gasteiger partial charge in [0, 0.05) is 5.56 Å². The molecule has 0 fully saturated rings. The van der Waals surface area contributed by atoms with Crippen LogP contribution in [0.4, 0.5) is 5.69 Å². The molecule has 2 N–H and O–H groups in total. The van der Waals surface area contributed by atoms with Gasteiger partial charge in [0.25, 0.3) is 0 Å². The molecule has 0 saturated carbocycles. The van der Waals surface area contributed by atoms with Gasteiger partial charge in [0.05, 0.1) is 21.3 Å². The van der Waals surface area contributed by atoms with E-state index >= 15 is 0 Å². The number of carbonyl (C=O) groups excluding carboxylic acids is 1. The number of Topliss-reactive ketones (excluding diaryl/α,β-unsaturated/α-hetero) is 1. The molecule has 2 aromatic rings. The zero-order valence-electron chi connectivity index (χ0n) is 11.9. The first kappa shape index (κ1) is 16.7. The Balaban J connectivity index is 2.07. The van der Waals surface area contributed by atoms with Gasteiger partial charge < -0.3 is 9.83 Å². The quantitative estimate of drug-likeness (QED) is 0.769. The summed E-state index contributed by atoms with van der Waals surface area (Å²) < 4.78 is 15.0. The standard InChI is InChI=1S/C16H9Cl2NO4S/c17-11-3-1-8(5-12(11)18)6-14-15(20)10-7-9(16(21)22)2-4-13(10)19-24(14)23/h1-7,19H,(H,21,22)/b14-6-. The van der Waals surface area contributed by atoms with Crippen LogP contribution in [0.25, 0.3) is 6.08 Å². The van der Waals surface area contributed by atoms with Gasteiger partial charge in [-0.25, -0.2) is 9.00 Å². The third-order valence-corrected chi connectivity index (χ3v) is 5.23. The largest absolute Gasteiger partial charge is 0.478 e. The average Bonchev–Trinajstić information content (AvgIpc) is 2.54. The number of benzene rings is 2. The molecule has 1 aliphatic heterocycles. The molecule has 0 bridgehead atoms. The molecule has 0 aliphatic carbocycles. The Kier molecular flexibility index (Phi) is 4.45. The van der Waals surface area contributed by atoms with Gasteiger partial charge >= 0.3 is 5.97 Å². The topological polar surface area (TPSA) is 83.5 Å². The van der Waals surface area contributed by atoms with E-state index in [0.717, 1.165) is 0 Å². The molecule has 1 heterocycles. The summed E-state index contributed by atoms with van der Waals surface area (Å²) >= 11 is 11.8. The molecular formula is C16H9Cl2NO4S. The fourth-order valence-corrected chi connectivity index (χ4v) is 3.51. The van der Waals surface area contributed by atoms with Gasteiger partial charge in [0.2, 0.25) is 5.78 Å². The van der Waals surface area contributed by atoms with E-state index in [1.54, 1.807) is 18.2 Å². The number of aromatic carboxylic acids is 1. The molecule has 3 rings (SSSR count). The second kappa shape index (κ2) is 6.39. The lowest BCUT2D eigenvalue weighted by molar-refractivity contribution is 0.0697. The third kappa shape index (κ3) is 3.08. The molecule has 1 unspecified atom stereocenters. The predicted octanol–water partition coefficient (Wildman–Crippen LogP) is 4.00. The lowest BCUT2D eigenvalue weighted by Gasteiger charge is -2.19. The average molecular weight is 382 g/mol. The van der Waals surface area contributed by atoms with Gasteiger partial charge in [0.1, 0.15) is 4.91 Å². The maximum atomic E-state index is 12.6. The predicted molar refractivity (Wildman–Crippen MR) is 93.9 cm³/mol. The van der Waals surface area contributed by atoms with Crippen molar-refractivity contribution >= 4 is 57.7 Å². The zero-order chi connectivity index (χ0) is 17.4. The number of halogens is 2. The van der Waals surface area contributed by atoms with Gasteiger partial charge in [-0.1, -0.05) is 29.3 Å². The number of anilines is 1. The SMILES string of the molecule is O=C(O)c1ccc2c(c1)C(=O)/C(=C/c1ccc(Cl)c(Cl)c1)S(=O)N2. The first-order valence-corrected chi connectivity index (χ1v) is 8.54. The van der Waals surface area contributed by atoms with Crippen LogP contribution in [0.3, 0.4) is 0 Å². The van der Waals surface area contributed by atoms with Crippen molar-refractivity contribution < 1.29 is 18.9 Å². The minimum atomic E-state index is -1.76. The van der Waals surface area contributed by atoms with Crippen LogP contribution < -0.4 is 4.72 Å². The first-order chi connectivity index (χ1) is 11.4. The second-order valence-corrected chi connectivity index (χ2v) is 6.94. The third-order valence-electron chi connectivity index (χ3n) is 3.38. The van der Waals surface area contributed by atoms with Crippen LogP contribution in [0.15, 0.2) is 41.3 Å². The minimum Gasteiger partial charge on any atom is -0.478 e. The Morgan fingerprint density at radius 3 is 2.54 bits per heavy atom. The highest BCUT2D eigenvalue weighted by molar-refractivity contribution is 7.91. The summed E-state index contributed by atoms with van der Waals surface area (Å²) in [6.07, 6.45) is 1.43. The van der Waals surface area contributed by atoms with Crippen LogP contribution >= 0.6 is 23.2 Å². The van der Waals surface area contributed by atoms with Gasteiger partial charge in [0.15, 0.2) is 11.0 Å². The first-order valence-electron chi connectivity index (χ1n) is 6.64. The highest BCUT2D eigenvalue weighted by atomic mass is 35.5. The van der Waals surface area contributed by atoms with Crippen molar-refractivity contribution in [3.8, 4) is 0 Å². The fourth-order valence-electron chi connectivity index (χ4n) is 2.20. The van der Waals surface area contributed by atoms with Gasteiger partial charge in [-0.3, -0.25) is 4.79 Å². The maximum absolute atomic E-state index is 12.6. The number of fused-ring (bicyclic) bond motifs is 1. The van der Waals surface area contributed by atoms with Crippen LogP contribution in [-0.2, 0) is 11.0 Å². The summed E-state index contributed by atoms with van der Waals surface area (Å²) in [6, 6.07) is 8.76. The van der Waals surface area contributed by atoms with Crippen molar-refractivity contribution in [1.82, 2.24) is 0 Å². The number of allylic oxidation sites excluding steroid dienone is 1.